The van der Waals surface area contributed by atoms with Crippen molar-refractivity contribution >= 4 is 32.4 Å². The predicted octanol–water partition coefficient (Wildman–Crippen LogP) is 4.54. The molecule has 2 aromatic carbocycles. The van der Waals surface area contributed by atoms with Gasteiger partial charge in [0.1, 0.15) is 0 Å². The lowest BCUT2D eigenvalue weighted by Gasteiger charge is -2.02. The van der Waals surface area contributed by atoms with Crippen molar-refractivity contribution < 1.29 is 0 Å². The molecule has 3 nitrogen and oxygen atoms in total. The molecule has 68 valence electrons. The Morgan fingerprint density at radius 2 is 1.79 bits per heavy atom. The molecule has 0 spiro atoms. The van der Waals surface area contributed by atoms with E-state index in [1.54, 1.807) is 6.07 Å². The molecule has 0 saturated heterocycles. The number of hydrogen-bond acceptors (Lipinski definition) is 1. The van der Waals surface area contributed by atoms with Crippen molar-refractivity contribution in [2.45, 2.75) is 0 Å². The van der Waals surface area contributed by atoms with E-state index >= 15 is 0 Å². The Balaban J connectivity index is 2.87. The molecular formula is C10H6BrN3. The first-order valence-electron chi connectivity index (χ1n) is 4.05. The zero-order valence-corrected chi connectivity index (χ0v) is 8.77. The summed E-state index contributed by atoms with van der Waals surface area (Å²) in [5.74, 6) is 0. The van der Waals surface area contributed by atoms with Crippen LogP contribution in [0.15, 0.2) is 46.0 Å². The molecule has 0 amide bonds. The van der Waals surface area contributed by atoms with Crippen molar-refractivity contribution in [2.75, 3.05) is 0 Å². The Morgan fingerprint density at radius 1 is 1.07 bits per heavy atom. The van der Waals surface area contributed by atoms with Crippen molar-refractivity contribution in [3.8, 4) is 0 Å². The number of nitrogens with zero attached hydrogens (tertiary/aromatic N) is 3. The standard InChI is InChI=1S/C10H6BrN3/c11-9-5-1-4-8-7(9)3-2-6-10(8)13-14-12/h1-6H. The maximum absolute atomic E-state index is 8.40. The topological polar surface area (TPSA) is 48.8 Å². The summed E-state index contributed by atoms with van der Waals surface area (Å²) in [6.07, 6.45) is 0. The van der Waals surface area contributed by atoms with Gasteiger partial charge in [-0.1, -0.05) is 51.4 Å². The van der Waals surface area contributed by atoms with E-state index in [2.05, 4.69) is 26.0 Å². The van der Waals surface area contributed by atoms with E-state index in [0.29, 0.717) is 5.69 Å². The maximum atomic E-state index is 8.40. The molecule has 0 atom stereocenters. The zero-order chi connectivity index (χ0) is 9.97. The van der Waals surface area contributed by atoms with Crippen LogP contribution in [0, 0.1) is 0 Å². The summed E-state index contributed by atoms with van der Waals surface area (Å²) in [5, 5.41) is 5.65. The van der Waals surface area contributed by atoms with E-state index in [4.69, 9.17) is 5.53 Å². The van der Waals surface area contributed by atoms with Gasteiger partial charge in [-0.25, -0.2) is 0 Å². The highest BCUT2D eigenvalue weighted by molar-refractivity contribution is 9.10. The highest BCUT2D eigenvalue weighted by Crippen LogP contribution is 2.30. The van der Waals surface area contributed by atoms with Crippen LogP contribution < -0.4 is 0 Å². The minimum atomic E-state index is 0.659. The van der Waals surface area contributed by atoms with Crippen LogP contribution in [0.1, 0.15) is 0 Å². The molecule has 0 N–H and O–H groups in total. The number of rotatable bonds is 1. The van der Waals surface area contributed by atoms with Crippen LogP contribution in [0.4, 0.5) is 5.69 Å². The van der Waals surface area contributed by atoms with Crippen molar-refractivity contribution in [2.24, 2.45) is 5.11 Å². The summed E-state index contributed by atoms with van der Waals surface area (Å²) in [6.45, 7) is 0. The third-order valence-corrected chi connectivity index (χ3v) is 2.69. The summed E-state index contributed by atoms with van der Waals surface area (Å²) in [4.78, 5) is 2.80. The number of azide groups is 1. The van der Waals surface area contributed by atoms with Crippen LogP contribution in [0.2, 0.25) is 0 Å². The number of halogens is 1. The molecule has 0 saturated carbocycles. The number of benzene rings is 2. The van der Waals surface area contributed by atoms with Gasteiger partial charge in [-0.2, -0.15) is 0 Å². The Kier molecular flexibility index (Phi) is 2.39. The zero-order valence-electron chi connectivity index (χ0n) is 7.18. The Labute approximate surface area is 89.1 Å². The second-order valence-corrected chi connectivity index (χ2v) is 3.66. The summed E-state index contributed by atoms with van der Waals surface area (Å²) >= 11 is 3.45. The lowest BCUT2D eigenvalue weighted by molar-refractivity contribution is 1.51. The van der Waals surface area contributed by atoms with Crippen LogP contribution in [-0.2, 0) is 0 Å². The third-order valence-electron chi connectivity index (χ3n) is 2.00. The van der Waals surface area contributed by atoms with Crippen LogP contribution in [0.5, 0.6) is 0 Å². The van der Waals surface area contributed by atoms with Gasteiger partial charge in [-0.15, -0.1) is 0 Å². The molecule has 4 heteroatoms. The van der Waals surface area contributed by atoms with Crippen LogP contribution in [0.3, 0.4) is 0 Å². The van der Waals surface area contributed by atoms with Gasteiger partial charge < -0.3 is 0 Å². The fourth-order valence-electron chi connectivity index (χ4n) is 1.39. The molecule has 0 aromatic heterocycles. The first-order chi connectivity index (χ1) is 6.83. The summed E-state index contributed by atoms with van der Waals surface area (Å²) in [7, 11) is 0. The molecule has 0 unspecified atom stereocenters. The van der Waals surface area contributed by atoms with E-state index in [1.807, 2.05) is 30.3 Å². The summed E-state index contributed by atoms with van der Waals surface area (Å²) in [6, 6.07) is 11.5. The molecule has 0 radical (unpaired) electrons. The van der Waals surface area contributed by atoms with Gasteiger partial charge in [0.05, 0.1) is 0 Å². The number of fused-ring (bicyclic) bond motifs is 1. The van der Waals surface area contributed by atoms with Gasteiger partial charge in [-0.3, -0.25) is 0 Å². The molecule has 0 bridgehead atoms. The summed E-state index contributed by atoms with van der Waals surface area (Å²) in [5.41, 5.74) is 9.05. The first kappa shape index (κ1) is 9.06. The van der Waals surface area contributed by atoms with E-state index < -0.39 is 0 Å². The summed E-state index contributed by atoms with van der Waals surface area (Å²) < 4.78 is 1.00. The minimum Gasteiger partial charge on any atom is -0.0611 e. The first-order valence-corrected chi connectivity index (χ1v) is 4.84. The van der Waals surface area contributed by atoms with Crippen LogP contribution in [0.25, 0.3) is 21.2 Å². The van der Waals surface area contributed by atoms with Crippen LogP contribution >= 0.6 is 15.9 Å². The Bertz CT molecular complexity index is 530. The van der Waals surface area contributed by atoms with Gasteiger partial charge in [0, 0.05) is 15.1 Å². The van der Waals surface area contributed by atoms with Gasteiger partial charge in [0.25, 0.3) is 0 Å². The van der Waals surface area contributed by atoms with Gasteiger partial charge in [-0.05, 0) is 22.4 Å². The molecule has 0 heterocycles. The van der Waals surface area contributed by atoms with E-state index in [0.717, 1.165) is 15.2 Å². The van der Waals surface area contributed by atoms with E-state index in [-0.39, 0.29) is 0 Å². The van der Waals surface area contributed by atoms with Crippen molar-refractivity contribution in [3.63, 3.8) is 0 Å². The molecule has 0 fully saturated rings. The van der Waals surface area contributed by atoms with Crippen LogP contribution in [-0.4, -0.2) is 0 Å². The molecule has 14 heavy (non-hydrogen) atoms. The second-order valence-electron chi connectivity index (χ2n) is 2.80. The van der Waals surface area contributed by atoms with Crippen molar-refractivity contribution in [1.29, 1.82) is 0 Å². The smallest absolute Gasteiger partial charge is 0.0454 e. The molecule has 0 aliphatic carbocycles. The fraction of sp³-hybridized carbons (Fsp3) is 0. The second kappa shape index (κ2) is 3.70. The molecule has 0 aliphatic heterocycles. The number of hydrogen-bond donors (Lipinski definition) is 0. The molecular weight excluding hydrogens is 242 g/mol. The largest absolute Gasteiger partial charge is 0.0611 e. The van der Waals surface area contributed by atoms with Crippen molar-refractivity contribution in [3.05, 3.63) is 51.3 Å². The average Bonchev–Trinajstić information content (AvgIpc) is 2.20. The van der Waals surface area contributed by atoms with Crippen molar-refractivity contribution in [1.82, 2.24) is 0 Å². The molecule has 0 aliphatic rings. The maximum Gasteiger partial charge on any atom is 0.0454 e. The van der Waals surface area contributed by atoms with Gasteiger partial charge in [0.15, 0.2) is 0 Å². The normalized spacial score (nSPS) is 9.79. The highest BCUT2D eigenvalue weighted by Gasteiger charge is 2.00. The van der Waals surface area contributed by atoms with E-state index in [1.165, 1.54) is 0 Å². The fourth-order valence-corrected chi connectivity index (χ4v) is 1.89. The third kappa shape index (κ3) is 1.45. The average molecular weight is 248 g/mol. The molecule has 2 rings (SSSR count). The Hall–Kier alpha value is -1.51. The Morgan fingerprint density at radius 3 is 2.57 bits per heavy atom. The predicted molar refractivity (Wildman–Crippen MR) is 60.5 cm³/mol. The monoisotopic (exact) mass is 247 g/mol. The minimum absolute atomic E-state index is 0.659. The quantitative estimate of drug-likeness (QED) is 0.404. The lowest BCUT2D eigenvalue weighted by atomic mass is 10.1. The van der Waals surface area contributed by atoms with E-state index in [9.17, 15) is 0 Å². The SMILES string of the molecule is [N-]=[N+]=Nc1cccc2c(Br)cccc12. The lowest BCUT2D eigenvalue weighted by Crippen LogP contribution is -1.74. The molecule has 2 aromatic rings. The van der Waals surface area contributed by atoms with Gasteiger partial charge in [0.2, 0.25) is 0 Å². The highest BCUT2D eigenvalue weighted by atomic mass is 79.9. The van der Waals surface area contributed by atoms with Gasteiger partial charge >= 0.3 is 0 Å².